The van der Waals surface area contributed by atoms with Crippen LogP contribution >= 0.6 is 0 Å². The molecule has 0 saturated heterocycles. The van der Waals surface area contributed by atoms with Gasteiger partial charge in [0, 0.05) is 36.0 Å². The number of rotatable bonds is 5. The van der Waals surface area contributed by atoms with Crippen molar-refractivity contribution in [2.75, 3.05) is 5.32 Å². The molecule has 3 heterocycles. The van der Waals surface area contributed by atoms with Crippen molar-refractivity contribution in [3.8, 4) is 11.1 Å². The van der Waals surface area contributed by atoms with Gasteiger partial charge >= 0.3 is 0 Å². The minimum absolute atomic E-state index is 0.0329. The summed E-state index contributed by atoms with van der Waals surface area (Å²) in [7, 11) is -3.64. The number of nitrogens with zero attached hydrogens (tertiary/aromatic N) is 3. The molecule has 2 atom stereocenters. The van der Waals surface area contributed by atoms with E-state index in [9.17, 15) is 17.6 Å². The van der Waals surface area contributed by atoms with Gasteiger partial charge in [-0.25, -0.2) is 22.2 Å². The lowest BCUT2D eigenvalue weighted by Crippen LogP contribution is -2.27. The lowest BCUT2D eigenvalue weighted by atomic mass is 10.0. The van der Waals surface area contributed by atoms with Crippen LogP contribution in [0.25, 0.3) is 11.1 Å². The molecule has 184 valence electrons. The van der Waals surface area contributed by atoms with Crippen LogP contribution in [0, 0.1) is 5.82 Å². The molecule has 0 unspecified atom stereocenters. The average Bonchev–Trinajstić information content (AvgIpc) is 3.61. The predicted molar refractivity (Wildman–Crippen MR) is 132 cm³/mol. The molecule has 1 saturated carbocycles. The van der Waals surface area contributed by atoms with E-state index in [0.717, 1.165) is 30.5 Å². The van der Waals surface area contributed by atoms with Crippen LogP contribution in [0.3, 0.4) is 0 Å². The van der Waals surface area contributed by atoms with E-state index in [1.807, 2.05) is 36.4 Å². The van der Waals surface area contributed by atoms with E-state index in [-0.39, 0.29) is 40.2 Å². The molecule has 0 spiro atoms. The summed E-state index contributed by atoms with van der Waals surface area (Å²) in [6, 6.07) is 15.9. The van der Waals surface area contributed by atoms with Crippen LogP contribution < -0.4 is 15.6 Å². The monoisotopic (exact) mass is 506 g/mol. The van der Waals surface area contributed by atoms with E-state index in [0.29, 0.717) is 11.4 Å². The molecule has 11 heteroatoms. The molecule has 0 bridgehead atoms. The van der Waals surface area contributed by atoms with E-state index in [4.69, 9.17) is 0 Å². The van der Waals surface area contributed by atoms with Gasteiger partial charge < -0.3 is 5.32 Å². The summed E-state index contributed by atoms with van der Waals surface area (Å²) in [5.74, 6) is -0.0378. The van der Waals surface area contributed by atoms with Crippen molar-refractivity contribution in [2.45, 2.75) is 42.7 Å². The SMILES string of the molecule is O=c1c(-c2ccccc2)ccnn1[C@H]1CC[C@@H](c2cc(Nc3ccc4c(c3F)CNS4(=O)=O)n[nH]2)C1. The number of H-pyrrole nitrogens is 1. The van der Waals surface area contributed by atoms with Crippen molar-refractivity contribution in [3.63, 3.8) is 0 Å². The number of anilines is 2. The van der Waals surface area contributed by atoms with Gasteiger partial charge in [-0.05, 0) is 43.0 Å². The third-order valence-corrected chi connectivity index (χ3v) is 8.42. The van der Waals surface area contributed by atoms with Crippen LogP contribution in [0.2, 0.25) is 0 Å². The van der Waals surface area contributed by atoms with Crippen molar-refractivity contribution >= 4 is 21.5 Å². The number of hydrogen-bond donors (Lipinski definition) is 3. The first kappa shape index (κ1) is 22.6. The molecule has 36 heavy (non-hydrogen) atoms. The quantitative estimate of drug-likeness (QED) is 0.378. The highest BCUT2D eigenvalue weighted by atomic mass is 32.2. The van der Waals surface area contributed by atoms with E-state index in [2.05, 4.69) is 25.3 Å². The van der Waals surface area contributed by atoms with Gasteiger partial charge in [-0.15, -0.1) is 0 Å². The van der Waals surface area contributed by atoms with Gasteiger partial charge in [0.15, 0.2) is 11.6 Å². The highest BCUT2D eigenvalue weighted by Crippen LogP contribution is 2.40. The van der Waals surface area contributed by atoms with Crippen LogP contribution in [-0.2, 0) is 16.6 Å². The first-order valence-corrected chi connectivity index (χ1v) is 13.2. The molecule has 1 fully saturated rings. The molecule has 3 N–H and O–H groups in total. The summed E-state index contributed by atoms with van der Waals surface area (Å²) in [4.78, 5) is 13.1. The first-order chi connectivity index (χ1) is 17.4. The molecule has 0 radical (unpaired) electrons. The van der Waals surface area contributed by atoms with E-state index < -0.39 is 15.8 Å². The average molecular weight is 507 g/mol. The number of hydrogen-bond acceptors (Lipinski definition) is 6. The number of nitrogens with one attached hydrogen (secondary N) is 3. The molecule has 9 nitrogen and oxygen atoms in total. The highest BCUT2D eigenvalue weighted by molar-refractivity contribution is 7.89. The number of aromatic nitrogens is 4. The largest absolute Gasteiger partial charge is 0.336 e. The first-order valence-electron chi connectivity index (χ1n) is 11.7. The summed E-state index contributed by atoms with van der Waals surface area (Å²) in [6.45, 7) is -0.0762. The van der Waals surface area contributed by atoms with Crippen molar-refractivity contribution in [1.82, 2.24) is 24.7 Å². The van der Waals surface area contributed by atoms with Crippen LogP contribution in [0.15, 0.2) is 70.5 Å². The topological polar surface area (TPSA) is 122 Å². The van der Waals surface area contributed by atoms with Crippen molar-refractivity contribution in [2.24, 2.45) is 0 Å². The lowest BCUT2D eigenvalue weighted by molar-refractivity contribution is 0.438. The normalized spacial score (nSPS) is 20.4. The Kier molecular flexibility index (Phi) is 5.45. The molecule has 4 aromatic rings. The van der Waals surface area contributed by atoms with E-state index >= 15 is 0 Å². The molecule has 2 aromatic carbocycles. The third kappa shape index (κ3) is 3.90. The van der Waals surface area contributed by atoms with Gasteiger partial charge in [0.2, 0.25) is 10.0 Å². The Labute approximate surface area is 206 Å². The van der Waals surface area contributed by atoms with Gasteiger partial charge in [0.25, 0.3) is 5.56 Å². The Morgan fingerprint density at radius 3 is 2.75 bits per heavy atom. The summed E-state index contributed by atoms with van der Waals surface area (Å²) in [6.07, 6.45) is 4.05. The number of fused-ring (bicyclic) bond motifs is 1. The Morgan fingerprint density at radius 2 is 1.92 bits per heavy atom. The molecule has 1 aliphatic carbocycles. The van der Waals surface area contributed by atoms with Crippen molar-refractivity contribution in [1.29, 1.82) is 0 Å². The number of sulfonamides is 1. The summed E-state index contributed by atoms with van der Waals surface area (Å²) < 4.78 is 42.7. The third-order valence-electron chi connectivity index (χ3n) is 6.94. The Hall–Kier alpha value is -3.83. The zero-order valence-corrected chi connectivity index (χ0v) is 19.9. The number of aromatic amines is 1. The fourth-order valence-electron chi connectivity index (χ4n) is 5.10. The van der Waals surface area contributed by atoms with Crippen LogP contribution in [0.4, 0.5) is 15.9 Å². The van der Waals surface area contributed by atoms with E-state index in [1.165, 1.54) is 12.1 Å². The molecule has 0 amide bonds. The standard InChI is InChI=1S/C25H23FN6O3S/c26-24-19-14-28-36(34,35)22(19)9-8-20(24)29-23-13-21(30-31-23)16-6-7-17(12-16)32-25(33)18(10-11-27-32)15-4-2-1-3-5-15/h1-5,8-11,13,16-17,28H,6-7,12,14H2,(H2,29,30,31)/t16-,17+/m1/s1. The minimum atomic E-state index is -3.64. The Morgan fingerprint density at radius 1 is 1.08 bits per heavy atom. The second-order valence-electron chi connectivity index (χ2n) is 9.09. The second kappa shape index (κ2) is 8.68. The molecule has 1 aliphatic heterocycles. The fourth-order valence-corrected chi connectivity index (χ4v) is 6.32. The number of benzene rings is 2. The molecular weight excluding hydrogens is 483 g/mol. The maximum absolute atomic E-state index is 14.9. The fraction of sp³-hybridized carbons (Fsp3) is 0.240. The maximum atomic E-state index is 14.9. The van der Waals surface area contributed by atoms with Gasteiger partial charge in [0.05, 0.1) is 22.2 Å². The van der Waals surface area contributed by atoms with E-state index in [1.54, 1.807) is 16.9 Å². The maximum Gasteiger partial charge on any atom is 0.274 e. The van der Waals surface area contributed by atoms with Crippen molar-refractivity contribution in [3.05, 3.63) is 88.2 Å². The van der Waals surface area contributed by atoms with Crippen LogP contribution in [0.5, 0.6) is 0 Å². The zero-order chi connectivity index (χ0) is 24.9. The second-order valence-corrected chi connectivity index (χ2v) is 10.8. The summed E-state index contributed by atoms with van der Waals surface area (Å²) in [5, 5.41) is 14.6. The summed E-state index contributed by atoms with van der Waals surface area (Å²) in [5.41, 5.74) is 2.54. The molecular formula is C25H23FN6O3S. The molecule has 2 aromatic heterocycles. The predicted octanol–water partition coefficient (Wildman–Crippen LogP) is 3.82. The summed E-state index contributed by atoms with van der Waals surface area (Å²) >= 11 is 0. The Bertz CT molecular complexity index is 1620. The highest BCUT2D eigenvalue weighted by Gasteiger charge is 2.31. The zero-order valence-electron chi connectivity index (χ0n) is 19.1. The lowest BCUT2D eigenvalue weighted by Gasteiger charge is -2.14. The molecule has 2 aliphatic rings. The smallest absolute Gasteiger partial charge is 0.274 e. The number of halogens is 1. The Balaban J connectivity index is 1.19. The van der Waals surface area contributed by atoms with Gasteiger partial charge in [-0.2, -0.15) is 10.2 Å². The van der Waals surface area contributed by atoms with Gasteiger partial charge in [-0.1, -0.05) is 30.3 Å². The van der Waals surface area contributed by atoms with Crippen LogP contribution in [-0.4, -0.2) is 28.4 Å². The minimum Gasteiger partial charge on any atom is -0.336 e. The molecule has 6 rings (SSSR count). The van der Waals surface area contributed by atoms with Gasteiger partial charge in [0.1, 0.15) is 0 Å². The van der Waals surface area contributed by atoms with Crippen molar-refractivity contribution < 1.29 is 12.8 Å². The van der Waals surface area contributed by atoms with Crippen LogP contribution in [0.1, 0.15) is 42.5 Å². The van der Waals surface area contributed by atoms with Gasteiger partial charge in [-0.3, -0.25) is 9.89 Å².